The number of carbonyl (C=O) groups is 2. The number of amides is 1. The van der Waals surface area contributed by atoms with E-state index in [4.69, 9.17) is 0 Å². The van der Waals surface area contributed by atoms with Crippen molar-refractivity contribution >= 4 is 23.1 Å². The molecule has 1 amide bonds. The van der Waals surface area contributed by atoms with Gasteiger partial charge in [-0.25, -0.2) is 0 Å². The number of nitrogens with zero attached hydrogens (tertiary/aromatic N) is 1. The van der Waals surface area contributed by atoms with E-state index in [1.807, 2.05) is 32.0 Å². The quantitative estimate of drug-likeness (QED) is 0.305. The SMILES string of the molecule is Cc1ccc(C)c(C(=O)CCC(=O)NCCNc2ccc([N+](=O)[O-])cc2)c1. The number of Topliss-reactive ketones (excluding diaryl/α,β-unsaturated/α-hetero) is 1. The van der Waals surface area contributed by atoms with Crippen LogP contribution in [0, 0.1) is 24.0 Å². The molecule has 2 N–H and O–H groups in total. The van der Waals surface area contributed by atoms with Crippen molar-refractivity contribution in [3.05, 3.63) is 69.3 Å². The Balaban J connectivity index is 1.69. The maximum absolute atomic E-state index is 12.3. The molecule has 0 radical (unpaired) electrons. The Hall–Kier alpha value is -3.22. The summed E-state index contributed by atoms with van der Waals surface area (Å²) in [6, 6.07) is 11.8. The van der Waals surface area contributed by atoms with Gasteiger partial charge in [0.15, 0.2) is 5.78 Å². The molecule has 27 heavy (non-hydrogen) atoms. The van der Waals surface area contributed by atoms with Gasteiger partial charge >= 0.3 is 0 Å². The van der Waals surface area contributed by atoms with Crippen LogP contribution in [0.3, 0.4) is 0 Å². The van der Waals surface area contributed by atoms with Crippen LogP contribution in [0.5, 0.6) is 0 Å². The van der Waals surface area contributed by atoms with E-state index in [9.17, 15) is 19.7 Å². The third-order valence-electron chi connectivity index (χ3n) is 4.13. The fourth-order valence-electron chi connectivity index (χ4n) is 2.60. The Morgan fingerprint density at radius 1 is 1.00 bits per heavy atom. The summed E-state index contributed by atoms with van der Waals surface area (Å²) in [6.45, 7) is 4.69. The monoisotopic (exact) mass is 369 g/mol. The second-order valence-electron chi connectivity index (χ2n) is 6.32. The van der Waals surface area contributed by atoms with Crippen LogP contribution < -0.4 is 10.6 Å². The number of non-ortho nitro benzene ring substituents is 1. The molecular formula is C20H23N3O4. The van der Waals surface area contributed by atoms with E-state index >= 15 is 0 Å². The normalized spacial score (nSPS) is 10.3. The molecule has 0 aliphatic heterocycles. The van der Waals surface area contributed by atoms with Crippen molar-refractivity contribution in [2.24, 2.45) is 0 Å². The van der Waals surface area contributed by atoms with Crippen molar-refractivity contribution in [1.82, 2.24) is 5.32 Å². The van der Waals surface area contributed by atoms with Crippen molar-refractivity contribution in [3.63, 3.8) is 0 Å². The second kappa shape index (κ2) is 9.47. The number of nitro groups is 1. The molecule has 0 bridgehead atoms. The number of aryl methyl sites for hydroxylation is 2. The first-order chi connectivity index (χ1) is 12.9. The van der Waals surface area contributed by atoms with Crippen LogP contribution in [0.25, 0.3) is 0 Å². The average Bonchev–Trinajstić information content (AvgIpc) is 2.65. The molecule has 0 aliphatic carbocycles. The van der Waals surface area contributed by atoms with Gasteiger partial charge in [-0.05, 0) is 37.6 Å². The smallest absolute Gasteiger partial charge is 0.269 e. The van der Waals surface area contributed by atoms with Gasteiger partial charge < -0.3 is 10.6 Å². The fraction of sp³-hybridized carbons (Fsp3) is 0.300. The molecule has 7 nitrogen and oxygen atoms in total. The first kappa shape index (κ1) is 20.1. The Morgan fingerprint density at radius 2 is 1.70 bits per heavy atom. The van der Waals surface area contributed by atoms with E-state index in [0.717, 1.165) is 16.8 Å². The molecule has 0 saturated heterocycles. The molecule has 0 saturated carbocycles. The molecule has 142 valence electrons. The maximum Gasteiger partial charge on any atom is 0.269 e. The van der Waals surface area contributed by atoms with Crippen LogP contribution in [0.2, 0.25) is 0 Å². The van der Waals surface area contributed by atoms with Crippen LogP contribution in [0.1, 0.15) is 34.3 Å². The summed E-state index contributed by atoms with van der Waals surface area (Å²) in [6.07, 6.45) is 0.315. The molecular weight excluding hydrogens is 346 g/mol. The van der Waals surface area contributed by atoms with Crippen molar-refractivity contribution in [3.8, 4) is 0 Å². The Kier molecular flexibility index (Phi) is 7.05. The number of hydrogen-bond acceptors (Lipinski definition) is 5. The molecule has 0 unspecified atom stereocenters. The molecule has 0 fully saturated rings. The van der Waals surface area contributed by atoms with Gasteiger partial charge in [-0.1, -0.05) is 17.7 Å². The van der Waals surface area contributed by atoms with Crippen LogP contribution >= 0.6 is 0 Å². The van der Waals surface area contributed by atoms with Gasteiger partial charge in [0.2, 0.25) is 5.91 Å². The highest BCUT2D eigenvalue weighted by Gasteiger charge is 2.11. The lowest BCUT2D eigenvalue weighted by Crippen LogP contribution is -2.29. The highest BCUT2D eigenvalue weighted by atomic mass is 16.6. The van der Waals surface area contributed by atoms with Gasteiger partial charge in [-0.2, -0.15) is 0 Å². The topological polar surface area (TPSA) is 101 Å². The highest BCUT2D eigenvalue weighted by Crippen LogP contribution is 2.15. The average molecular weight is 369 g/mol. The van der Waals surface area contributed by atoms with Crippen LogP contribution in [-0.2, 0) is 4.79 Å². The molecule has 7 heteroatoms. The first-order valence-electron chi connectivity index (χ1n) is 8.72. The lowest BCUT2D eigenvalue weighted by molar-refractivity contribution is -0.384. The van der Waals surface area contributed by atoms with E-state index in [1.165, 1.54) is 12.1 Å². The number of nitrogens with one attached hydrogen (secondary N) is 2. The molecule has 0 aliphatic rings. The number of nitro benzene ring substituents is 1. The minimum atomic E-state index is -0.455. The van der Waals surface area contributed by atoms with Crippen molar-refractivity contribution < 1.29 is 14.5 Å². The fourth-order valence-corrected chi connectivity index (χ4v) is 2.60. The van der Waals surface area contributed by atoms with E-state index in [2.05, 4.69) is 10.6 Å². The van der Waals surface area contributed by atoms with Gasteiger partial charge in [0, 0.05) is 49.3 Å². The van der Waals surface area contributed by atoms with Crippen LogP contribution in [0.4, 0.5) is 11.4 Å². The van der Waals surface area contributed by atoms with Gasteiger partial charge in [-0.3, -0.25) is 19.7 Å². The number of carbonyl (C=O) groups excluding carboxylic acids is 2. The summed E-state index contributed by atoms with van der Waals surface area (Å²) in [5, 5.41) is 16.4. The van der Waals surface area contributed by atoms with Gasteiger partial charge in [0.05, 0.1) is 4.92 Å². The molecule has 0 atom stereocenters. The predicted molar refractivity (Wildman–Crippen MR) is 104 cm³/mol. The largest absolute Gasteiger partial charge is 0.383 e. The van der Waals surface area contributed by atoms with Crippen LogP contribution in [-0.4, -0.2) is 29.7 Å². The molecule has 0 spiro atoms. The molecule has 0 heterocycles. The molecule has 2 aromatic carbocycles. The van der Waals surface area contributed by atoms with Gasteiger partial charge in [0.25, 0.3) is 5.69 Å². The zero-order valence-electron chi connectivity index (χ0n) is 15.5. The summed E-state index contributed by atoms with van der Waals surface area (Å²) in [5.41, 5.74) is 3.37. The summed E-state index contributed by atoms with van der Waals surface area (Å²) < 4.78 is 0. The number of ketones is 1. The third-order valence-corrected chi connectivity index (χ3v) is 4.13. The number of rotatable bonds is 9. The van der Waals surface area contributed by atoms with Crippen LogP contribution in [0.15, 0.2) is 42.5 Å². The summed E-state index contributed by atoms with van der Waals surface area (Å²) in [7, 11) is 0. The highest BCUT2D eigenvalue weighted by molar-refractivity contribution is 5.99. The van der Waals surface area contributed by atoms with E-state index in [-0.39, 0.29) is 30.2 Å². The lowest BCUT2D eigenvalue weighted by Gasteiger charge is -2.09. The number of benzene rings is 2. The number of hydrogen-bond donors (Lipinski definition) is 2. The van der Waals surface area contributed by atoms with Crippen molar-refractivity contribution in [2.75, 3.05) is 18.4 Å². The minimum Gasteiger partial charge on any atom is -0.383 e. The Bertz CT molecular complexity index is 832. The second-order valence-corrected chi connectivity index (χ2v) is 6.32. The summed E-state index contributed by atoms with van der Waals surface area (Å²) in [4.78, 5) is 34.3. The zero-order chi connectivity index (χ0) is 19.8. The minimum absolute atomic E-state index is 0.0300. The van der Waals surface area contributed by atoms with E-state index < -0.39 is 4.92 Å². The van der Waals surface area contributed by atoms with Crippen molar-refractivity contribution in [2.45, 2.75) is 26.7 Å². The van der Waals surface area contributed by atoms with Crippen molar-refractivity contribution in [1.29, 1.82) is 0 Å². The standard InChI is InChI=1S/C20H23N3O4/c1-14-3-4-15(2)18(13-14)19(24)9-10-20(25)22-12-11-21-16-5-7-17(8-6-16)23(26)27/h3-8,13,21H,9-12H2,1-2H3,(H,22,25). The maximum atomic E-state index is 12.3. The molecule has 2 rings (SSSR count). The molecule has 0 aromatic heterocycles. The van der Waals surface area contributed by atoms with Gasteiger partial charge in [-0.15, -0.1) is 0 Å². The summed E-state index contributed by atoms with van der Waals surface area (Å²) in [5.74, 6) is -0.213. The Morgan fingerprint density at radius 3 is 2.37 bits per heavy atom. The first-order valence-corrected chi connectivity index (χ1v) is 8.72. The zero-order valence-corrected chi connectivity index (χ0v) is 15.5. The lowest BCUT2D eigenvalue weighted by atomic mass is 9.99. The van der Waals surface area contributed by atoms with E-state index in [0.29, 0.717) is 18.7 Å². The number of anilines is 1. The third kappa shape index (κ3) is 6.22. The summed E-state index contributed by atoms with van der Waals surface area (Å²) >= 11 is 0. The molecule has 2 aromatic rings. The van der Waals surface area contributed by atoms with Gasteiger partial charge in [0.1, 0.15) is 0 Å². The predicted octanol–water partition coefficient (Wildman–Crippen LogP) is 3.40. The van der Waals surface area contributed by atoms with E-state index in [1.54, 1.807) is 12.1 Å². The Labute approximate surface area is 157 Å².